The van der Waals surface area contributed by atoms with Crippen LogP contribution in [0.25, 0.3) is 0 Å². The minimum Gasteiger partial charge on any atom is -0.449 e. The van der Waals surface area contributed by atoms with Crippen LogP contribution in [0.15, 0.2) is 17.4 Å². The van der Waals surface area contributed by atoms with Gasteiger partial charge < -0.3 is 10.5 Å². The highest BCUT2D eigenvalue weighted by Gasteiger charge is 1.88. The van der Waals surface area contributed by atoms with Crippen molar-refractivity contribution in [3.8, 4) is 0 Å². The van der Waals surface area contributed by atoms with Crippen LogP contribution in [0.3, 0.4) is 0 Å². The highest BCUT2D eigenvalue weighted by atomic mass is 16.5. The molecule has 0 rings (SSSR count). The molecule has 0 heterocycles. The van der Waals surface area contributed by atoms with Crippen LogP contribution in [0.1, 0.15) is 20.3 Å². The third kappa shape index (κ3) is 8.79. The Morgan fingerprint density at radius 1 is 1.64 bits per heavy atom. The predicted molar refractivity (Wildman–Crippen MR) is 43.1 cm³/mol. The lowest BCUT2D eigenvalue weighted by Gasteiger charge is -1.94. The molecule has 3 nitrogen and oxygen atoms in total. The van der Waals surface area contributed by atoms with Crippen LogP contribution in [0.5, 0.6) is 0 Å². The van der Waals surface area contributed by atoms with Crippen LogP contribution >= 0.6 is 0 Å². The minimum atomic E-state index is -0.726. The van der Waals surface area contributed by atoms with Gasteiger partial charge in [-0.25, -0.2) is 4.79 Å². The molecule has 0 aromatic rings. The number of hydrogen-bond acceptors (Lipinski definition) is 2. The Bertz CT molecular complexity index is 186. The minimum absolute atomic E-state index is 0.329. The summed E-state index contributed by atoms with van der Waals surface area (Å²) in [7, 11) is 0. The van der Waals surface area contributed by atoms with Crippen molar-refractivity contribution < 1.29 is 9.53 Å². The summed E-state index contributed by atoms with van der Waals surface area (Å²) < 4.78 is 4.48. The fourth-order valence-corrected chi connectivity index (χ4v) is 0.495. The second-order valence-electron chi connectivity index (χ2n) is 2.30. The molecular weight excluding hydrogens is 142 g/mol. The maximum absolute atomic E-state index is 10.1. The number of nitrogens with two attached hydrogens (primary N) is 1. The summed E-state index contributed by atoms with van der Waals surface area (Å²) in [6, 6.07) is 0. The standard InChI is InChI=1S/C8H13NO2/c1-7(2)5-3-4-6-11-8(9)10/h3H,4,6H2,1-2H3,(H2,9,10). The maximum atomic E-state index is 10.1. The number of primary amides is 1. The molecule has 0 radical (unpaired) electrons. The van der Waals surface area contributed by atoms with Crippen molar-refractivity contribution >= 4 is 6.09 Å². The molecule has 11 heavy (non-hydrogen) atoms. The summed E-state index contributed by atoms with van der Waals surface area (Å²) in [5, 5.41) is 0. The molecule has 3 heteroatoms. The molecule has 2 N–H and O–H groups in total. The molecule has 0 aromatic carbocycles. The molecule has 62 valence electrons. The first-order chi connectivity index (χ1) is 5.13. The van der Waals surface area contributed by atoms with Gasteiger partial charge in [-0.05, 0) is 25.5 Å². The second-order valence-corrected chi connectivity index (χ2v) is 2.30. The fraction of sp³-hybridized carbons (Fsp3) is 0.500. The van der Waals surface area contributed by atoms with Crippen LogP contribution in [-0.2, 0) is 4.74 Å². The van der Waals surface area contributed by atoms with Crippen molar-refractivity contribution in [1.82, 2.24) is 0 Å². The van der Waals surface area contributed by atoms with E-state index in [2.05, 4.69) is 10.5 Å². The van der Waals surface area contributed by atoms with E-state index in [9.17, 15) is 4.79 Å². The van der Waals surface area contributed by atoms with Crippen LogP contribution in [0.4, 0.5) is 4.79 Å². The van der Waals surface area contributed by atoms with Gasteiger partial charge >= 0.3 is 6.09 Å². The summed E-state index contributed by atoms with van der Waals surface area (Å²) in [6.07, 6.45) is 1.75. The Labute approximate surface area is 66.5 Å². The Morgan fingerprint density at radius 3 is 2.73 bits per heavy atom. The van der Waals surface area contributed by atoms with E-state index in [1.807, 2.05) is 19.9 Å². The zero-order chi connectivity index (χ0) is 8.69. The van der Waals surface area contributed by atoms with Crippen molar-refractivity contribution in [2.75, 3.05) is 6.61 Å². The Kier molecular flexibility index (Phi) is 4.95. The SMILES string of the molecule is CC(C)=C=CCCOC(N)=O. The van der Waals surface area contributed by atoms with Crippen LogP contribution in [0, 0.1) is 0 Å². The van der Waals surface area contributed by atoms with Gasteiger partial charge in [0.1, 0.15) is 0 Å². The number of carbonyl (C=O) groups is 1. The topological polar surface area (TPSA) is 52.3 Å². The van der Waals surface area contributed by atoms with Gasteiger partial charge in [-0.1, -0.05) is 0 Å². The summed E-state index contributed by atoms with van der Waals surface area (Å²) >= 11 is 0. The summed E-state index contributed by atoms with van der Waals surface area (Å²) in [6.45, 7) is 4.23. The average Bonchev–Trinajstić information content (AvgIpc) is 1.85. The monoisotopic (exact) mass is 155 g/mol. The molecular formula is C8H13NO2. The molecule has 0 aliphatic rings. The second kappa shape index (κ2) is 5.57. The highest BCUT2D eigenvalue weighted by Crippen LogP contribution is 1.87. The van der Waals surface area contributed by atoms with Crippen molar-refractivity contribution in [3.63, 3.8) is 0 Å². The molecule has 0 aliphatic heterocycles. The van der Waals surface area contributed by atoms with Crippen molar-refractivity contribution in [2.24, 2.45) is 5.73 Å². The van der Waals surface area contributed by atoms with Gasteiger partial charge in [0.15, 0.2) is 0 Å². The lowest BCUT2D eigenvalue weighted by Crippen LogP contribution is -2.13. The van der Waals surface area contributed by atoms with Crippen molar-refractivity contribution in [2.45, 2.75) is 20.3 Å². The fourth-order valence-electron chi connectivity index (χ4n) is 0.495. The lowest BCUT2D eigenvalue weighted by molar-refractivity contribution is 0.159. The van der Waals surface area contributed by atoms with E-state index in [0.29, 0.717) is 13.0 Å². The Balaban J connectivity index is 3.43. The average molecular weight is 155 g/mol. The number of hydrogen-bond donors (Lipinski definition) is 1. The van der Waals surface area contributed by atoms with Gasteiger partial charge in [0.2, 0.25) is 0 Å². The first-order valence-electron chi connectivity index (χ1n) is 3.43. The number of rotatable bonds is 3. The van der Waals surface area contributed by atoms with Gasteiger partial charge in [-0.15, -0.1) is 5.73 Å². The van der Waals surface area contributed by atoms with Crippen molar-refractivity contribution in [3.05, 3.63) is 17.4 Å². The summed E-state index contributed by atoms with van der Waals surface area (Å²) in [4.78, 5) is 10.1. The van der Waals surface area contributed by atoms with Gasteiger partial charge in [-0.3, -0.25) is 0 Å². The molecule has 0 aliphatic carbocycles. The molecule has 0 aromatic heterocycles. The van der Waals surface area contributed by atoms with Crippen LogP contribution in [0.2, 0.25) is 0 Å². The molecule has 0 bridgehead atoms. The van der Waals surface area contributed by atoms with Gasteiger partial charge in [-0.2, -0.15) is 0 Å². The van der Waals surface area contributed by atoms with Gasteiger partial charge in [0, 0.05) is 6.42 Å². The Hall–Kier alpha value is -1.21. The van der Waals surface area contributed by atoms with E-state index in [1.54, 1.807) is 0 Å². The third-order valence-electron chi connectivity index (χ3n) is 0.897. The molecule has 1 amide bonds. The predicted octanol–water partition coefficient (Wildman–Crippen LogP) is 1.59. The number of amides is 1. The molecule has 0 spiro atoms. The van der Waals surface area contributed by atoms with Crippen molar-refractivity contribution in [1.29, 1.82) is 0 Å². The quantitative estimate of drug-likeness (QED) is 0.497. The van der Waals surface area contributed by atoms with E-state index < -0.39 is 6.09 Å². The van der Waals surface area contributed by atoms with Crippen LogP contribution < -0.4 is 5.73 Å². The molecule has 0 unspecified atom stereocenters. The molecule has 0 saturated heterocycles. The van der Waals surface area contributed by atoms with E-state index in [0.717, 1.165) is 5.57 Å². The number of carbonyl (C=O) groups excluding carboxylic acids is 1. The van der Waals surface area contributed by atoms with E-state index in [4.69, 9.17) is 5.73 Å². The number of ether oxygens (including phenoxy) is 1. The van der Waals surface area contributed by atoms with E-state index >= 15 is 0 Å². The van der Waals surface area contributed by atoms with E-state index in [-0.39, 0.29) is 0 Å². The molecule has 0 saturated carbocycles. The Morgan fingerprint density at radius 2 is 2.27 bits per heavy atom. The smallest absolute Gasteiger partial charge is 0.404 e. The van der Waals surface area contributed by atoms with E-state index in [1.165, 1.54) is 0 Å². The first kappa shape index (κ1) is 9.79. The van der Waals surface area contributed by atoms with Gasteiger partial charge in [0.05, 0.1) is 6.61 Å². The first-order valence-corrected chi connectivity index (χ1v) is 3.43. The normalized spacial score (nSPS) is 8.18. The molecule has 0 fully saturated rings. The highest BCUT2D eigenvalue weighted by molar-refractivity contribution is 5.64. The summed E-state index contributed by atoms with van der Waals surface area (Å²) in [5.74, 6) is 0. The summed E-state index contributed by atoms with van der Waals surface area (Å²) in [5.41, 5.74) is 8.81. The lowest BCUT2D eigenvalue weighted by atomic mass is 10.3. The zero-order valence-corrected chi connectivity index (χ0v) is 6.89. The molecule has 0 atom stereocenters. The van der Waals surface area contributed by atoms with Crippen LogP contribution in [-0.4, -0.2) is 12.7 Å². The largest absolute Gasteiger partial charge is 0.449 e. The third-order valence-corrected chi connectivity index (χ3v) is 0.897. The maximum Gasteiger partial charge on any atom is 0.404 e. The van der Waals surface area contributed by atoms with Gasteiger partial charge in [0.25, 0.3) is 0 Å². The zero-order valence-electron chi connectivity index (χ0n) is 6.89.